The molecule has 5 aromatic rings. The van der Waals surface area contributed by atoms with E-state index in [0.717, 1.165) is 17.2 Å². The second kappa shape index (κ2) is 19.7. The van der Waals surface area contributed by atoms with Crippen molar-refractivity contribution in [3.8, 4) is 34.1 Å². The molecule has 0 saturated carbocycles. The topological polar surface area (TPSA) is 167 Å². The number of nitrogens with zero attached hydrogens (tertiary/aromatic N) is 3. The van der Waals surface area contributed by atoms with Crippen LogP contribution in [0.15, 0.2) is 89.8 Å². The molecule has 19 heteroatoms. The van der Waals surface area contributed by atoms with Gasteiger partial charge in [0, 0.05) is 56.1 Å². The Morgan fingerprint density at radius 3 is 2.20 bits per heavy atom. The smallest absolute Gasteiger partial charge is 0.435 e. The summed E-state index contributed by atoms with van der Waals surface area (Å²) in [4.78, 5) is 41.5. The van der Waals surface area contributed by atoms with Gasteiger partial charge in [0.2, 0.25) is 5.91 Å². The van der Waals surface area contributed by atoms with Crippen LogP contribution in [0.2, 0.25) is 0 Å². The van der Waals surface area contributed by atoms with Crippen molar-refractivity contribution in [1.29, 1.82) is 0 Å². The average molecular weight is 870 g/mol. The molecule has 1 heterocycles. The van der Waals surface area contributed by atoms with Gasteiger partial charge in [-0.2, -0.15) is 18.3 Å². The molecule has 0 unspecified atom stereocenters. The minimum atomic E-state index is -5.08. The van der Waals surface area contributed by atoms with Gasteiger partial charge in [0.25, 0.3) is 11.8 Å². The number of alkyl halides is 3. The number of ether oxygens (including phenoxy) is 4. The van der Waals surface area contributed by atoms with Gasteiger partial charge in [-0.15, -0.1) is 0 Å². The number of carbonyl (C=O) groups is 3. The first kappa shape index (κ1) is 45.6. The van der Waals surface area contributed by atoms with E-state index in [1.807, 2.05) is 0 Å². The predicted octanol–water partition coefficient (Wildman–Crippen LogP) is 6.25. The number of anilines is 1. The fourth-order valence-corrected chi connectivity index (χ4v) is 7.18. The highest BCUT2D eigenvalue weighted by Gasteiger charge is 2.38. The molecule has 0 aliphatic rings. The molecule has 0 aliphatic carbocycles. The summed E-state index contributed by atoms with van der Waals surface area (Å²) in [6, 6.07) is 18.4. The molecule has 2 N–H and O–H groups in total. The van der Waals surface area contributed by atoms with Gasteiger partial charge in [-0.3, -0.25) is 19.3 Å². The quantitative estimate of drug-likeness (QED) is 0.0760. The maximum Gasteiger partial charge on any atom is 0.435 e. The molecular formula is C42H43F4N5O9S. The number of amides is 3. The fraction of sp³-hybridized carbons (Fsp3) is 0.286. The normalized spacial score (nSPS) is 11.5. The Balaban J connectivity index is 1.63. The van der Waals surface area contributed by atoms with Crippen molar-refractivity contribution in [2.24, 2.45) is 0 Å². The predicted molar refractivity (Wildman–Crippen MR) is 217 cm³/mol. The van der Waals surface area contributed by atoms with Crippen LogP contribution in [0.4, 0.5) is 23.2 Å². The van der Waals surface area contributed by atoms with Crippen molar-refractivity contribution in [3.05, 3.63) is 113 Å². The zero-order valence-electron chi connectivity index (χ0n) is 33.8. The van der Waals surface area contributed by atoms with Crippen LogP contribution in [-0.4, -0.2) is 90.3 Å². The molecule has 0 bridgehead atoms. The number of sulfone groups is 1. The fourth-order valence-electron chi connectivity index (χ4n) is 6.27. The van der Waals surface area contributed by atoms with Crippen LogP contribution in [0.25, 0.3) is 16.8 Å². The van der Waals surface area contributed by atoms with Gasteiger partial charge in [-0.1, -0.05) is 24.3 Å². The number of nitrogens with one attached hydrogen (secondary N) is 2. The van der Waals surface area contributed by atoms with Gasteiger partial charge in [-0.25, -0.2) is 17.5 Å². The first-order chi connectivity index (χ1) is 29.0. The summed E-state index contributed by atoms with van der Waals surface area (Å²) in [7, 11) is 1.80. The average Bonchev–Trinajstić information content (AvgIpc) is 3.70. The SMILES string of the molecule is COCCNC(=O)CCCNC(=O)c1cc(OC)ccc1-n1nc(C(F)(F)F)cc1C(=O)N(Cc1ccc(OC)cc1OC)c1ccc(-c2ccccc2S(C)(=O)=O)cc1F. The third kappa shape index (κ3) is 11.0. The van der Waals surface area contributed by atoms with Gasteiger partial charge in [-0.05, 0) is 60.5 Å². The Hall–Kier alpha value is -6.47. The highest BCUT2D eigenvalue weighted by Crippen LogP contribution is 2.36. The van der Waals surface area contributed by atoms with E-state index >= 15 is 4.39 Å². The molecule has 61 heavy (non-hydrogen) atoms. The minimum absolute atomic E-state index is 0.00666. The van der Waals surface area contributed by atoms with Gasteiger partial charge in [0.05, 0.1) is 56.3 Å². The van der Waals surface area contributed by atoms with E-state index in [1.165, 1.54) is 89.1 Å². The van der Waals surface area contributed by atoms with Crippen LogP contribution in [0.1, 0.15) is 44.9 Å². The monoisotopic (exact) mass is 869 g/mol. The van der Waals surface area contributed by atoms with Crippen molar-refractivity contribution in [2.45, 2.75) is 30.5 Å². The molecule has 0 saturated heterocycles. The van der Waals surface area contributed by atoms with E-state index in [2.05, 4.69) is 15.7 Å². The largest absolute Gasteiger partial charge is 0.497 e. The van der Waals surface area contributed by atoms with E-state index in [0.29, 0.717) is 35.2 Å². The Labute approximate surface area is 349 Å². The van der Waals surface area contributed by atoms with Gasteiger partial charge in [0.15, 0.2) is 15.5 Å². The van der Waals surface area contributed by atoms with Crippen LogP contribution in [0, 0.1) is 5.82 Å². The van der Waals surface area contributed by atoms with Gasteiger partial charge >= 0.3 is 6.18 Å². The van der Waals surface area contributed by atoms with E-state index in [1.54, 1.807) is 12.1 Å². The molecular weight excluding hydrogens is 827 g/mol. The van der Waals surface area contributed by atoms with Crippen molar-refractivity contribution < 1.29 is 59.3 Å². The van der Waals surface area contributed by atoms with Crippen LogP contribution in [-0.2, 0) is 32.1 Å². The Bertz CT molecular complexity index is 2510. The second-order valence-corrected chi connectivity index (χ2v) is 15.4. The van der Waals surface area contributed by atoms with Crippen LogP contribution in [0.5, 0.6) is 17.2 Å². The number of halogens is 4. The summed E-state index contributed by atoms with van der Waals surface area (Å²) in [5, 5.41) is 9.04. The van der Waals surface area contributed by atoms with Crippen LogP contribution < -0.4 is 29.7 Å². The number of rotatable bonds is 18. The van der Waals surface area contributed by atoms with E-state index in [4.69, 9.17) is 18.9 Å². The number of carbonyl (C=O) groups excluding carboxylic acids is 3. The summed E-state index contributed by atoms with van der Waals surface area (Å²) >= 11 is 0. The van der Waals surface area contributed by atoms with Crippen molar-refractivity contribution in [1.82, 2.24) is 20.4 Å². The zero-order chi connectivity index (χ0) is 44.5. The minimum Gasteiger partial charge on any atom is -0.497 e. The second-order valence-electron chi connectivity index (χ2n) is 13.4. The third-order valence-electron chi connectivity index (χ3n) is 9.29. The lowest BCUT2D eigenvalue weighted by atomic mass is 10.0. The molecule has 3 amide bonds. The molecule has 0 spiro atoms. The first-order valence-electron chi connectivity index (χ1n) is 18.5. The Kier molecular flexibility index (Phi) is 14.8. The number of aromatic nitrogens is 2. The zero-order valence-corrected chi connectivity index (χ0v) is 34.6. The molecule has 5 rings (SSSR count). The van der Waals surface area contributed by atoms with Crippen LogP contribution in [0.3, 0.4) is 0 Å². The summed E-state index contributed by atoms with van der Waals surface area (Å²) in [6.45, 7) is 0.131. The molecule has 0 fully saturated rings. The molecule has 0 atom stereocenters. The van der Waals surface area contributed by atoms with Crippen molar-refractivity contribution >= 4 is 33.2 Å². The Morgan fingerprint density at radius 1 is 0.836 bits per heavy atom. The highest BCUT2D eigenvalue weighted by molar-refractivity contribution is 7.90. The van der Waals surface area contributed by atoms with E-state index < -0.39 is 57.3 Å². The summed E-state index contributed by atoms with van der Waals surface area (Å²) in [5.41, 5.74) is -2.49. The lowest BCUT2D eigenvalue weighted by Gasteiger charge is -2.25. The van der Waals surface area contributed by atoms with Gasteiger partial charge in [0.1, 0.15) is 28.8 Å². The molecule has 14 nitrogen and oxygen atoms in total. The van der Waals surface area contributed by atoms with Crippen LogP contribution >= 0.6 is 0 Å². The molecule has 4 aromatic carbocycles. The number of hydrogen-bond acceptors (Lipinski definition) is 10. The number of methoxy groups -OCH3 is 4. The van der Waals surface area contributed by atoms with Crippen molar-refractivity contribution in [2.75, 3.05) is 59.3 Å². The molecule has 0 radical (unpaired) electrons. The van der Waals surface area contributed by atoms with Gasteiger partial charge < -0.3 is 29.6 Å². The molecule has 324 valence electrons. The summed E-state index contributed by atoms with van der Waals surface area (Å²) in [5.74, 6) is -2.55. The number of hydrogen-bond donors (Lipinski definition) is 2. The highest BCUT2D eigenvalue weighted by atomic mass is 32.2. The van der Waals surface area contributed by atoms with Crippen molar-refractivity contribution in [3.63, 3.8) is 0 Å². The number of benzene rings is 4. The van der Waals surface area contributed by atoms with E-state index in [9.17, 15) is 36.0 Å². The molecule has 1 aromatic heterocycles. The summed E-state index contributed by atoms with van der Waals surface area (Å²) < 4.78 is 107. The third-order valence-corrected chi connectivity index (χ3v) is 10.4. The standard InChI is InChI=1S/C42H43F4N5O9S/c1-57-20-19-47-39(52)11-8-18-48-40(53)31-22-28(58-2)15-17-33(31)51-35(24-38(49-51)42(44,45)46)41(54)50(25-27-12-14-29(59-3)23-36(27)60-4)34-16-13-26(21-32(34)43)30-9-6-7-10-37(30)61(5,55)56/h6-7,9-10,12-17,21-24H,8,11,18-20,25H2,1-5H3,(H,47,52)(H,48,53). The summed E-state index contributed by atoms with van der Waals surface area (Å²) in [6.07, 6.45) is -3.81. The Morgan fingerprint density at radius 2 is 1.54 bits per heavy atom. The molecule has 0 aliphatic heterocycles. The maximum atomic E-state index is 16.5. The lowest BCUT2D eigenvalue weighted by Crippen LogP contribution is -2.33. The lowest BCUT2D eigenvalue weighted by molar-refractivity contribution is -0.141. The maximum absolute atomic E-state index is 16.5. The van der Waals surface area contributed by atoms with E-state index in [-0.39, 0.29) is 64.1 Å². The first-order valence-corrected chi connectivity index (χ1v) is 20.4.